The summed E-state index contributed by atoms with van der Waals surface area (Å²) in [5.41, 5.74) is 2.61. The average molecular weight is 1050 g/mol. The largest absolute Gasteiger partial charge is 0.378 e. The quantitative estimate of drug-likeness (QED) is 0.100. The number of anilines is 1. The molecule has 5 aromatic carbocycles. The summed E-state index contributed by atoms with van der Waals surface area (Å²) in [7, 11) is 4.07. The van der Waals surface area contributed by atoms with Crippen molar-refractivity contribution >= 4 is 170 Å². The second kappa shape index (κ2) is 28.9. The summed E-state index contributed by atoms with van der Waals surface area (Å²) in [6.45, 7) is 11.2. The van der Waals surface area contributed by atoms with Crippen LogP contribution >= 0.6 is 144 Å². The lowest BCUT2D eigenvalue weighted by molar-refractivity contribution is 1.13. The number of benzene rings is 5. The Labute approximate surface area is 405 Å². The average Bonchev–Trinajstić information content (AvgIpc) is 3.73. The van der Waals surface area contributed by atoms with E-state index in [9.17, 15) is 0 Å². The van der Waals surface area contributed by atoms with Crippen molar-refractivity contribution < 1.29 is 0 Å². The van der Waals surface area contributed by atoms with E-state index < -0.39 is 0 Å². The third-order valence-electron chi connectivity index (χ3n) is 7.14. The summed E-state index contributed by atoms with van der Waals surface area (Å²) in [4.78, 5) is 6.88. The number of aryl methyl sites for hydroxylation is 2. The number of hydrogen-bond donors (Lipinski definition) is 1. The molecule has 0 unspecified atom stereocenters. The molecule has 0 aliphatic carbocycles. The molecule has 0 radical (unpaired) electrons. The van der Waals surface area contributed by atoms with Crippen molar-refractivity contribution in [3.05, 3.63) is 180 Å². The number of nitrogens with zero attached hydrogens (tertiary/aromatic N) is 1. The van der Waals surface area contributed by atoms with Crippen LogP contribution < -0.4 is 4.90 Å². The lowest BCUT2D eigenvalue weighted by Crippen LogP contribution is -2.07. The Morgan fingerprint density at radius 1 is 0.690 bits per heavy atom. The fourth-order valence-corrected chi connectivity index (χ4v) is 8.86. The molecule has 0 bridgehead atoms. The molecule has 0 spiro atoms. The van der Waals surface area contributed by atoms with Gasteiger partial charge < -0.3 is 4.90 Å². The summed E-state index contributed by atoms with van der Waals surface area (Å²) in [6.07, 6.45) is 0. The third-order valence-corrected chi connectivity index (χ3v) is 13.1. The molecular formula is C45H43BrCl7NS4. The van der Waals surface area contributed by atoms with Crippen LogP contribution in [0.3, 0.4) is 0 Å². The van der Waals surface area contributed by atoms with Crippen molar-refractivity contribution in [2.24, 2.45) is 0 Å². The Morgan fingerprint density at radius 3 is 1.69 bits per heavy atom. The number of fused-ring (bicyclic) bond motifs is 2. The third kappa shape index (κ3) is 21.3. The number of thiophene rings is 2. The van der Waals surface area contributed by atoms with Crippen LogP contribution in [0.2, 0.25) is 20.1 Å². The van der Waals surface area contributed by atoms with Gasteiger partial charge in [0.15, 0.2) is 0 Å². The number of alkyl halides is 2. The molecule has 2 heterocycles. The van der Waals surface area contributed by atoms with E-state index in [0.717, 1.165) is 41.0 Å². The Bertz CT molecular complexity index is 2250. The summed E-state index contributed by atoms with van der Waals surface area (Å²) >= 11 is 51.8. The maximum Gasteiger partial charge on any atom is 0.0575 e. The van der Waals surface area contributed by atoms with E-state index in [-0.39, 0.29) is 0 Å². The molecule has 13 heteroatoms. The van der Waals surface area contributed by atoms with E-state index in [2.05, 4.69) is 90.8 Å². The van der Waals surface area contributed by atoms with Crippen LogP contribution in [0.4, 0.5) is 5.69 Å². The monoisotopic (exact) mass is 1050 g/mol. The minimum absolute atomic E-state index is 0.349. The van der Waals surface area contributed by atoms with Gasteiger partial charge in [-0.1, -0.05) is 117 Å². The highest BCUT2D eigenvalue weighted by Gasteiger charge is 2.07. The zero-order chi connectivity index (χ0) is 43.2. The number of allylic oxidation sites excluding steroid dienone is 1. The van der Waals surface area contributed by atoms with E-state index in [1.165, 1.54) is 41.2 Å². The predicted octanol–water partition coefficient (Wildman–Crippen LogP) is 19.2. The first kappa shape index (κ1) is 52.6. The van der Waals surface area contributed by atoms with Gasteiger partial charge in [-0.25, -0.2) is 0 Å². The minimum Gasteiger partial charge on any atom is -0.378 e. The van der Waals surface area contributed by atoms with E-state index in [1.54, 1.807) is 23.1 Å². The standard InChI is InChI=1S/C10H8BrClS.C9H8Cl2S.C9H7ClS.C8H11N.C6H5ClS.C3H4Cl2/c1-6-9(5-11)8-4-7(12)2-3-10(8)13-6;1-7(10)6-12-9-4-2-8(11)3-5-9;1-6-4-7-5-8(10)2-3-9(7)11-6;1-9(2)8-6-4-3-5-7-8;7-5-1-3-6(8)4-2-5;1-3(5)2-4/h2-4H,5H2,1H3;2-5H,1,6H2;2-5H,1H3;3-7H,1-2H3;1-4,8H;1-2H2. The maximum atomic E-state index is 5.95. The van der Waals surface area contributed by atoms with Crippen LogP contribution in [0.5, 0.6) is 0 Å². The highest BCUT2D eigenvalue weighted by Crippen LogP contribution is 2.34. The molecule has 7 aromatic rings. The fraction of sp³-hybridized carbons (Fsp3) is 0.156. The van der Waals surface area contributed by atoms with E-state index in [4.69, 9.17) is 81.2 Å². The zero-order valence-electron chi connectivity index (χ0n) is 32.2. The number of halogens is 8. The number of hydrogen-bond acceptors (Lipinski definition) is 5. The van der Waals surface area contributed by atoms with Gasteiger partial charge in [-0.15, -0.1) is 58.7 Å². The van der Waals surface area contributed by atoms with Crippen molar-refractivity contribution in [2.75, 3.05) is 30.6 Å². The molecular weight excluding hydrogens is 1010 g/mol. The van der Waals surface area contributed by atoms with Crippen LogP contribution in [-0.4, -0.2) is 25.7 Å². The smallest absolute Gasteiger partial charge is 0.0575 e. The summed E-state index contributed by atoms with van der Waals surface area (Å²) < 4.78 is 2.63. The van der Waals surface area contributed by atoms with Gasteiger partial charge in [0.2, 0.25) is 0 Å². The molecule has 0 saturated carbocycles. The molecule has 0 aliphatic rings. The van der Waals surface area contributed by atoms with Crippen molar-refractivity contribution in [3.8, 4) is 0 Å². The van der Waals surface area contributed by atoms with Gasteiger partial charge >= 0.3 is 0 Å². The lowest BCUT2D eigenvalue weighted by atomic mass is 10.1. The van der Waals surface area contributed by atoms with E-state index >= 15 is 0 Å². The van der Waals surface area contributed by atoms with Crippen LogP contribution in [0.25, 0.3) is 20.2 Å². The SMILES string of the molecule is C=C(Cl)CCl.C=C(Cl)CSc1ccc(Cl)cc1.CN(C)c1ccccc1.Cc1cc2cc(Cl)ccc2s1.Cc1sc2ccc(Cl)cc2c1CBr.Sc1ccc(Cl)cc1. The lowest BCUT2D eigenvalue weighted by Gasteiger charge is -2.10. The first-order valence-corrected chi connectivity index (χ1v) is 24.2. The molecule has 0 saturated heterocycles. The highest BCUT2D eigenvalue weighted by molar-refractivity contribution is 9.08. The van der Waals surface area contributed by atoms with Crippen molar-refractivity contribution in [2.45, 2.75) is 29.0 Å². The number of thioether (sulfide) groups is 1. The molecule has 308 valence electrons. The van der Waals surface area contributed by atoms with E-state index in [0.29, 0.717) is 15.9 Å². The number of rotatable bonds is 6. The highest BCUT2D eigenvalue weighted by atomic mass is 79.9. The van der Waals surface area contributed by atoms with Gasteiger partial charge in [0.25, 0.3) is 0 Å². The Morgan fingerprint density at radius 2 is 1.21 bits per heavy atom. The topological polar surface area (TPSA) is 3.24 Å². The van der Waals surface area contributed by atoms with Crippen LogP contribution in [-0.2, 0) is 5.33 Å². The molecule has 58 heavy (non-hydrogen) atoms. The maximum absolute atomic E-state index is 5.95. The van der Waals surface area contributed by atoms with Gasteiger partial charge in [-0.3, -0.25) is 0 Å². The Hall–Kier alpha value is -1.49. The summed E-state index contributed by atoms with van der Waals surface area (Å²) in [6, 6.07) is 39.5. The molecule has 2 aromatic heterocycles. The van der Waals surface area contributed by atoms with Crippen LogP contribution in [0.15, 0.2) is 154 Å². The van der Waals surface area contributed by atoms with Crippen molar-refractivity contribution in [1.29, 1.82) is 0 Å². The molecule has 7 rings (SSSR count). The molecule has 0 fully saturated rings. The minimum atomic E-state index is 0.349. The van der Waals surface area contributed by atoms with Gasteiger partial charge in [-0.2, -0.15) is 0 Å². The summed E-state index contributed by atoms with van der Waals surface area (Å²) in [5, 5.41) is 7.72. The Kier molecular flexibility index (Phi) is 26.3. The number of thiol groups is 1. The van der Waals surface area contributed by atoms with Gasteiger partial charge in [0, 0.05) is 90.0 Å². The second-order valence-corrected chi connectivity index (χ2v) is 19.8. The van der Waals surface area contributed by atoms with Gasteiger partial charge in [0.1, 0.15) is 0 Å². The van der Waals surface area contributed by atoms with Crippen molar-refractivity contribution in [1.82, 2.24) is 0 Å². The van der Waals surface area contributed by atoms with Crippen LogP contribution in [0.1, 0.15) is 15.3 Å². The van der Waals surface area contributed by atoms with Gasteiger partial charge in [0.05, 0.1) is 5.88 Å². The molecule has 0 N–H and O–H groups in total. The van der Waals surface area contributed by atoms with Crippen LogP contribution in [0, 0.1) is 13.8 Å². The fourth-order valence-electron chi connectivity index (χ4n) is 4.42. The number of para-hydroxylation sites is 1. The zero-order valence-corrected chi connectivity index (χ0v) is 42.4. The normalized spacial score (nSPS) is 9.88. The first-order chi connectivity index (χ1) is 27.5. The molecule has 0 atom stereocenters. The predicted molar refractivity (Wildman–Crippen MR) is 278 cm³/mol. The molecule has 1 nitrogen and oxygen atoms in total. The van der Waals surface area contributed by atoms with Crippen molar-refractivity contribution in [3.63, 3.8) is 0 Å². The van der Waals surface area contributed by atoms with E-state index in [1.807, 2.05) is 116 Å². The second-order valence-electron chi connectivity index (χ2n) is 12.1. The van der Waals surface area contributed by atoms with Gasteiger partial charge in [-0.05, 0) is 133 Å². The molecule has 0 amide bonds. The summed E-state index contributed by atoms with van der Waals surface area (Å²) in [5.74, 6) is 1.09. The Balaban J connectivity index is 0.000000245. The molecule has 0 aliphatic heterocycles. The first-order valence-electron chi connectivity index (χ1n) is 17.2.